The monoisotopic (exact) mass is 339 g/mol. The van der Waals surface area contributed by atoms with E-state index >= 15 is 0 Å². The van der Waals surface area contributed by atoms with Crippen LogP contribution >= 0.6 is 0 Å². The van der Waals surface area contributed by atoms with E-state index in [1.807, 2.05) is 29.2 Å². The number of hydrogen-bond donors (Lipinski definition) is 1. The molecule has 4 nitrogen and oxygen atoms in total. The number of fused-ring (bicyclic) bond motifs is 1. The lowest BCUT2D eigenvalue weighted by Crippen LogP contribution is -2.54. The highest BCUT2D eigenvalue weighted by molar-refractivity contribution is 5.90. The molecule has 1 saturated heterocycles. The van der Waals surface area contributed by atoms with Gasteiger partial charge in [0.05, 0.1) is 31.8 Å². The first-order valence-electron chi connectivity index (χ1n) is 9.26. The average molecular weight is 339 g/mol. The summed E-state index contributed by atoms with van der Waals surface area (Å²) in [6.45, 7) is 1.75. The Morgan fingerprint density at radius 1 is 1.16 bits per heavy atom. The summed E-state index contributed by atoms with van der Waals surface area (Å²) >= 11 is 0. The number of carbonyl (C=O) groups excluding carboxylic acids is 1. The molecule has 4 rings (SSSR count). The molecule has 1 amide bonds. The van der Waals surface area contributed by atoms with Crippen molar-refractivity contribution in [3.63, 3.8) is 0 Å². The third-order valence-corrected chi connectivity index (χ3v) is 5.73. The summed E-state index contributed by atoms with van der Waals surface area (Å²) in [6, 6.07) is 14.3. The number of aliphatic hydroxyl groups excluding tert-OH is 1. The van der Waals surface area contributed by atoms with Crippen LogP contribution in [-0.4, -0.2) is 47.8 Å². The standard InChI is InChI=1S/C21H25NO3/c23-20-10-4-9-18(20)19-14-25-12-11-22(19)21(24)13-16-7-3-6-15-5-1-2-8-17(15)16/h1-3,5-8,18-20,23H,4,9-14H2/t18-,19-,20-/m1/s1. The first kappa shape index (κ1) is 16.6. The number of nitrogens with zero attached hydrogens (tertiary/aromatic N) is 1. The van der Waals surface area contributed by atoms with Gasteiger partial charge < -0.3 is 14.7 Å². The van der Waals surface area contributed by atoms with Crippen molar-refractivity contribution in [1.29, 1.82) is 0 Å². The number of ether oxygens (including phenoxy) is 1. The summed E-state index contributed by atoms with van der Waals surface area (Å²) in [5, 5.41) is 12.6. The van der Waals surface area contributed by atoms with Gasteiger partial charge in [-0.15, -0.1) is 0 Å². The van der Waals surface area contributed by atoms with E-state index in [4.69, 9.17) is 4.74 Å². The van der Waals surface area contributed by atoms with Crippen molar-refractivity contribution in [3.8, 4) is 0 Å². The largest absolute Gasteiger partial charge is 0.393 e. The molecule has 0 unspecified atom stereocenters. The zero-order chi connectivity index (χ0) is 17.2. The second-order valence-corrected chi connectivity index (χ2v) is 7.21. The normalized spacial score (nSPS) is 26.9. The summed E-state index contributed by atoms with van der Waals surface area (Å²) in [4.78, 5) is 15.0. The summed E-state index contributed by atoms with van der Waals surface area (Å²) in [5.41, 5.74) is 1.07. The Morgan fingerprint density at radius 2 is 2.00 bits per heavy atom. The third-order valence-electron chi connectivity index (χ3n) is 5.73. The highest BCUT2D eigenvalue weighted by atomic mass is 16.5. The SMILES string of the molecule is O=C(Cc1cccc2ccccc12)N1CCOC[C@@H]1[C@H]1CCC[C@H]1O. The third kappa shape index (κ3) is 3.29. The van der Waals surface area contributed by atoms with Gasteiger partial charge in [-0.1, -0.05) is 48.9 Å². The highest BCUT2D eigenvalue weighted by Gasteiger charge is 2.39. The number of carbonyl (C=O) groups is 1. The molecule has 2 aromatic rings. The van der Waals surface area contributed by atoms with Gasteiger partial charge in [0, 0.05) is 12.5 Å². The minimum Gasteiger partial charge on any atom is -0.393 e. The van der Waals surface area contributed by atoms with Crippen LogP contribution in [-0.2, 0) is 16.0 Å². The Hall–Kier alpha value is -1.91. The highest BCUT2D eigenvalue weighted by Crippen LogP contribution is 2.32. The lowest BCUT2D eigenvalue weighted by molar-refractivity contribution is -0.143. The Balaban J connectivity index is 1.56. The van der Waals surface area contributed by atoms with E-state index in [0.717, 1.165) is 35.6 Å². The van der Waals surface area contributed by atoms with Gasteiger partial charge in [-0.3, -0.25) is 4.79 Å². The summed E-state index contributed by atoms with van der Waals surface area (Å²) in [6.07, 6.45) is 2.95. The van der Waals surface area contributed by atoms with E-state index in [0.29, 0.717) is 26.2 Å². The molecule has 0 radical (unpaired) electrons. The van der Waals surface area contributed by atoms with Gasteiger partial charge in [0.1, 0.15) is 0 Å². The Morgan fingerprint density at radius 3 is 2.84 bits per heavy atom. The van der Waals surface area contributed by atoms with Crippen LogP contribution in [0.5, 0.6) is 0 Å². The summed E-state index contributed by atoms with van der Waals surface area (Å²) in [5.74, 6) is 0.292. The van der Waals surface area contributed by atoms with Crippen LogP contribution in [0.25, 0.3) is 10.8 Å². The van der Waals surface area contributed by atoms with E-state index in [1.54, 1.807) is 0 Å². The van der Waals surface area contributed by atoms with Crippen LogP contribution in [0.3, 0.4) is 0 Å². The fourth-order valence-corrected chi connectivity index (χ4v) is 4.42. The maximum absolute atomic E-state index is 13.1. The molecule has 1 aliphatic carbocycles. The number of aliphatic hydroxyl groups is 1. The van der Waals surface area contributed by atoms with Gasteiger partial charge in [-0.05, 0) is 29.2 Å². The van der Waals surface area contributed by atoms with Crippen molar-refractivity contribution in [2.75, 3.05) is 19.8 Å². The fraction of sp³-hybridized carbons (Fsp3) is 0.476. The number of hydrogen-bond acceptors (Lipinski definition) is 3. The molecule has 2 fully saturated rings. The zero-order valence-corrected chi connectivity index (χ0v) is 14.4. The molecule has 2 aliphatic rings. The molecule has 132 valence electrons. The first-order chi connectivity index (χ1) is 12.2. The van der Waals surface area contributed by atoms with Crippen molar-refractivity contribution >= 4 is 16.7 Å². The second kappa shape index (κ2) is 7.14. The summed E-state index contributed by atoms with van der Waals surface area (Å²) in [7, 11) is 0. The molecule has 1 N–H and O–H groups in total. The van der Waals surface area contributed by atoms with Crippen LogP contribution in [0.1, 0.15) is 24.8 Å². The number of benzene rings is 2. The molecular weight excluding hydrogens is 314 g/mol. The van der Waals surface area contributed by atoms with Gasteiger partial charge in [0.2, 0.25) is 5.91 Å². The quantitative estimate of drug-likeness (QED) is 0.935. The van der Waals surface area contributed by atoms with Gasteiger partial charge in [0.15, 0.2) is 0 Å². The molecule has 1 heterocycles. The lowest BCUT2D eigenvalue weighted by atomic mass is 9.93. The molecule has 0 spiro atoms. The maximum atomic E-state index is 13.1. The average Bonchev–Trinajstić information content (AvgIpc) is 3.08. The van der Waals surface area contributed by atoms with E-state index in [9.17, 15) is 9.90 Å². The molecule has 25 heavy (non-hydrogen) atoms. The Labute approximate surface area is 148 Å². The maximum Gasteiger partial charge on any atom is 0.227 e. The smallest absolute Gasteiger partial charge is 0.227 e. The summed E-state index contributed by atoms with van der Waals surface area (Å²) < 4.78 is 5.64. The van der Waals surface area contributed by atoms with Crippen LogP contribution < -0.4 is 0 Å². The van der Waals surface area contributed by atoms with E-state index in [1.165, 1.54) is 0 Å². The molecule has 4 heteroatoms. The lowest BCUT2D eigenvalue weighted by Gasteiger charge is -2.40. The predicted octanol–water partition coefficient (Wildman–Crippen LogP) is 2.77. The van der Waals surface area contributed by atoms with Gasteiger partial charge in [-0.25, -0.2) is 0 Å². The van der Waals surface area contributed by atoms with Crippen molar-refractivity contribution in [1.82, 2.24) is 4.90 Å². The molecule has 1 saturated carbocycles. The molecule has 0 bridgehead atoms. The fourth-order valence-electron chi connectivity index (χ4n) is 4.42. The predicted molar refractivity (Wildman–Crippen MR) is 97.3 cm³/mol. The van der Waals surface area contributed by atoms with Gasteiger partial charge in [0.25, 0.3) is 0 Å². The van der Waals surface area contributed by atoms with Crippen molar-refractivity contribution < 1.29 is 14.6 Å². The first-order valence-corrected chi connectivity index (χ1v) is 9.26. The van der Waals surface area contributed by atoms with Crippen LogP contribution in [0.15, 0.2) is 42.5 Å². The van der Waals surface area contributed by atoms with Gasteiger partial charge >= 0.3 is 0 Å². The van der Waals surface area contributed by atoms with Crippen molar-refractivity contribution in [2.24, 2.45) is 5.92 Å². The topological polar surface area (TPSA) is 49.8 Å². The van der Waals surface area contributed by atoms with Crippen molar-refractivity contribution in [3.05, 3.63) is 48.0 Å². The Kier molecular flexibility index (Phi) is 4.73. The van der Waals surface area contributed by atoms with Crippen LogP contribution in [0.2, 0.25) is 0 Å². The number of rotatable bonds is 3. The minimum absolute atomic E-state index is 0.00808. The van der Waals surface area contributed by atoms with E-state index in [2.05, 4.69) is 18.2 Å². The second-order valence-electron chi connectivity index (χ2n) is 7.21. The molecule has 2 aromatic carbocycles. The Bertz CT molecular complexity index is 754. The van der Waals surface area contributed by atoms with Crippen molar-refractivity contribution in [2.45, 2.75) is 37.8 Å². The zero-order valence-electron chi connectivity index (χ0n) is 14.4. The van der Waals surface area contributed by atoms with E-state index < -0.39 is 0 Å². The number of amides is 1. The minimum atomic E-state index is -0.306. The van der Waals surface area contributed by atoms with E-state index in [-0.39, 0.29) is 24.0 Å². The molecular formula is C21H25NO3. The molecule has 0 aromatic heterocycles. The van der Waals surface area contributed by atoms with Gasteiger partial charge in [-0.2, -0.15) is 0 Å². The molecule has 3 atom stereocenters. The van der Waals surface area contributed by atoms with Crippen LogP contribution in [0.4, 0.5) is 0 Å². The number of morpholine rings is 1. The molecule has 1 aliphatic heterocycles. The van der Waals surface area contributed by atoms with Crippen LogP contribution in [0, 0.1) is 5.92 Å².